The van der Waals surface area contributed by atoms with Crippen LogP contribution >= 0.6 is 0 Å². The third kappa shape index (κ3) is 4.07. The third-order valence-corrected chi connectivity index (χ3v) is 3.51. The Morgan fingerprint density at radius 2 is 2.25 bits per heavy atom. The van der Waals surface area contributed by atoms with Gasteiger partial charge in [0, 0.05) is 18.7 Å². The maximum atomic E-state index is 11.9. The summed E-state index contributed by atoms with van der Waals surface area (Å²) < 4.78 is 11.0. The second-order valence-corrected chi connectivity index (χ2v) is 5.11. The molecule has 0 saturated carbocycles. The van der Waals surface area contributed by atoms with Crippen LogP contribution in [-0.2, 0) is 14.3 Å². The van der Waals surface area contributed by atoms with E-state index in [9.17, 15) is 19.5 Å². The van der Waals surface area contributed by atoms with Gasteiger partial charge in [-0.05, 0) is 6.08 Å². The van der Waals surface area contributed by atoms with Crippen LogP contribution in [0.4, 0.5) is 0 Å². The van der Waals surface area contributed by atoms with Crippen LogP contribution in [0.25, 0.3) is 6.08 Å². The number of rotatable bonds is 5. The van der Waals surface area contributed by atoms with Crippen molar-refractivity contribution in [1.29, 1.82) is 0 Å². The van der Waals surface area contributed by atoms with Crippen molar-refractivity contribution in [3.8, 4) is 0 Å². The van der Waals surface area contributed by atoms with Gasteiger partial charge in [0.05, 0.1) is 25.4 Å². The summed E-state index contributed by atoms with van der Waals surface area (Å²) in [5, 5.41) is 18.8. The summed E-state index contributed by atoms with van der Waals surface area (Å²) in [6, 6.07) is 0. The van der Waals surface area contributed by atoms with Crippen molar-refractivity contribution >= 4 is 12.0 Å². The minimum atomic E-state index is -0.902. The molecule has 24 heavy (non-hydrogen) atoms. The Morgan fingerprint density at radius 1 is 1.50 bits per heavy atom. The van der Waals surface area contributed by atoms with Crippen LogP contribution in [0, 0.1) is 0 Å². The standard InChI is InChI=1S/C15H18N2O7/c1-23-13(20)5-3-2-4-9-7-17(15(22)16-14(9)21)12-6-10(19)11(8-18)24-12/h2-5,7,10-12,18-19H,6,8H2,1H3,(H,16,21,22)/t10?,11-,12-/m0/s1. The van der Waals surface area contributed by atoms with E-state index in [-0.39, 0.29) is 18.6 Å². The molecule has 1 aromatic rings. The zero-order chi connectivity index (χ0) is 17.7. The fourth-order valence-electron chi connectivity index (χ4n) is 2.25. The van der Waals surface area contributed by atoms with E-state index in [1.54, 1.807) is 0 Å². The molecule has 1 aromatic heterocycles. The summed E-state index contributed by atoms with van der Waals surface area (Å²) in [4.78, 5) is 36.8. The highest BCUT2D eigenvalue weighted by molar-refractivity contribution is 5.82. The fraction of sp³-hybridized carbons (Fsp3) is 0.400. The van der Waals surface area contributed by atoms with Gasteiger partial charge in [-0.3, -0.25) is 14.3 Å². The number of aliphatic hydroxyl groups excluding tert-OH is 2. The van der Waals surface area contributed by atoms with E-state index in [2.05, 4.69) is 9.72 Å². The zero-order valence-electron chi connectivity index (χ0n) is 12.9. The van der Waals surface area contributed by atoms with E-state index in [0.717, 1.165) is 4.57 Å². The predicted octanol–water partition coefficient (Wildman–Crippen LogP) is -1.08. The number of nitrogens with zero attached hydrogens (tertiary/aromatic N) is 1. The van der Waals surface area contributed by atoms with Crippen molar-refractivity contribution < 1.29 is 24.5 Å². The molecule has 9 nitrogen and oxygen atoms in total. The van der Waals surface area contributed by atoms with Crippen LogP contribution in [0.1, 0.15) is 18.2 Å². The average Bonchev–Trinajstić information content (AvgIpc) is 2.93. The number of carbonyl (C=O) groups excluding carboxylic acids is 1. The van der Waals surface area contributed by atoms with Gasteiger partial charge >= 0.3 is 11.7 Å². The molecule has 1 aliphatic rings. The Bertz CT molecular complexity index is 762. The number of carbonyl (C=O) groups is 1. The highest BCUT2D eigenvalue weighted by Gasteiger charge is 2.35. The molecule has 0 aliphatic carbocycles. The van der Waals surface area contributed by atoms with Gasteiger partial charge in [-0.1, -0.05) is 12.2 Å². The lowest BCUT2D eigenvalue weighted by Crippen LogP contribution is -2.33. The van der Waals surface area contributed by atoms with E-state index in [0.29, 0.717) is 0 Å². The molecule has 0 aromatic carbocycles. The van der Waals surface area contributed by atoms with Crippen molar-refractivity contribution in [2.24, 2.45) is 0 Å². The predicted molar refractivity (Wildman–Crippen MR) is 83.1 cm³/mol. The number of hydrogen-bond donors (Lipinski definition) is 3. The summed E-state index contributed by atoms with van der Waals surface area (Å²) in [5.41, 5.74) is -1.12. The normalized spacial score (nSPS) is 24.0. The first-order valence-corrected chi connectivity index (χ1v) is 7.18. The molecule has 1 saturated heterocycles. The zero-order valence-corrected chi connectivity index (χ0v) is 12.9. The van der Waals surface area contributed by atoms with Crippen molar-refractivity contribution in [3.05, 3.63) is 50.8 Å². The Kier molecular flexibility index (Phi) is 5.85. The largest absolute Gasteiger partial charge is 0.466 e. The van der Waals surface area contributed by atoms with Gasteiger partial charge in [0.25, 0.3) is 5.56 Å². The quantitative estimate of drug-likeness (QED) is 0.353. The minimum Gasteiger partial charge on any atom is -0.466 e. The van der Waals surface area contributed by atoms with Crippen molar-refractivity contribution in [2.45, 2.75) is 24.9 Å². The lowest BCUT2D eigenvalue weighted by Gasteiger charge is -2.14. The number of H-pyrrole nitrogens is 1. The van der Waals surface area contributed by atoms with Crippen molar-refractivity contribution in [3.63, 3.8) is 0 Å². The van der Waals surface area contributed by atoms with Crippen LogP contribution in [0.5, 0.6) is 0 Å². The molecule has 0 bridgehead atoms. The maximum Gasteiger partial charge on any atom is 0.330 e. The Balaban J connectivity index is 2.24. The van der Waals surface area contributed by atoms with Gasteiger partial charge < -0.3 is 19.7 Å². The molecule has 0 spiro atoms. The molecule has 9 heteroatoms. The fourth-order valence-corrected chi connectivity index (χ4v) is 2.25. The second kappa shape index (κ2) is 7.86. The summed E-state index contributed by atoms with van der Waals surface area (Å²) in [7, 11) is 1.24. The highest BCUT2D eigenvalue weighted by Crippen LogP contribution is 2.27. The molecule has 3 N–H and O–H groups in total. The molecule has 1 fully saturated rings. The number of esters is 1. The van der Waals surface area contributed by atoms with Gasteiger partial charge in [-0.25, -0.2) is 9.59 Å². The second-order valence-electron chi connectivity index (χ2n) is 5.11. The lowest BCUT2D eigenvalue weighted by molar-refractivity contribution is -0.134. The molecule has 3 atom stereocenters. The first-order valence-electron chi connectivity index (χ1n) is 7.18. The van der Waals surface area contributed by atoms with Crippen LogP contribution in [0.3, 0.4) is 0 Å². The van der Waals surface area contributed by atoms with Gasteiger partial charge in [0.15, 0.2) is 0 Å². The van der Waals surface area contributed by atoms with Gasteiger partial charge in [0.2, 0.25) is 0 Å². The number of allylic oxidation sites excluding steroid dienone is 2. The molecular weight excluding hydrogens is 320 g/mol. The molecule has 1 unspecified atom stereocenters. The average molecular weight is 338 g/mol. The van der Waals surface area contributed by atoms with Crippen LogP contribution in [-0.4, -0.2) is 51.7 Å². The van der Waals surface area contributed by atoms with E-state index in [1.807, 2.05) is 0 Å². The number of aromatic amines is 1. The van der Waals surface area contributed by atoms with E-state index in [1.165, 1.54) is 37.6 Å². The van der Waals surface area contributed by atoms with Crippen LogP contribution in [0.15, 0.2) is 34.0 Å². The van der Waals surface area contributed by atoms with E-state index in [4.69, 9.17) is 9.84 Å². The molecule has 0 amide bonds. The SMILES string of the molecule is COC(=O)C=CC=Cc1cn([C@@H]2CC(O)[C@H](CO)O2)c(=O)[nH]c1=O. The number of nitrogens with one attached hydrogen (secondary N) is 1. The van der Waals surface area contributed by atoms with Gasteiger partial charge in [0.1, 0.15) is 12.3 Å². The monoisotopic (exact) mass is 338 g/mol. The summed E-state index contributed by atoms with van der Waals surface area (Å²) in [5.74, 6) is -0.540. The Hall–Kier alpha value is -2.49. The first kappa shape index (κ1) is 17.9. The lowest BCUT2D eigenvalue weighted by atomic mass is 10.2. The molecule has 2 heterocycles. The minimum absolute atomic E-state index is 0.114. The number of ether oxygens (including phenoxy) is 2. The van der Waals surface area contributed by atoms with Crippen molar-refractivity contribution in [1.82, 2.24) is 9.55 Å². The molecule has 0 radical (unpaired) electrons. The first-order chi connectivity index (χ1) is 11.5. The Morgan fingerprint density at radius 3 is 2.88 bits per heavy atom. The van der Waals surface area contributed by atoms with Crippen molar-refractivity contribution in [2.75, 3.05) is 13.7 Å². The smallest absolute Gasteiger partial charge is 0.330 e. The topological polar surface area (TPSA) is 131 Å². The number of aliphatic hydroxyl groups is 2. The molecule has 1 aliphatic heterocycles. The summed E-state index contributed by atoms with van der Waals surface area (Å²) in [6.07, 6.45) is 4.33. The maximum absolute atomic E-state index is 11.9. The number of methoxy groups -OCH3 is 1. The third-order valence-electron chi connectivity index (χ3n) is 3.51. The highest BCUT2D eigenvalue weighted by atomic mass is 16.5. The number of hydrogen-bond acceptors (Lipinski definition) is 7. The summed E-state index contributed by atoms with van der Waals surface area (Å²) in [6.45, 7) is -0.374. The molecular formula is C15H18N2O7. The molecule has 130 valence electrons. The van der Waals surface area contributed by atoms with Crippen LogP contribution < -0.4 is 11.2 Å². The van der Waals surface area contributed by atoms with E-state index >= 15 is 0 Å². The van der Waals surface area contributed by atoms with Gasteiger partial charge in [-0.2, -0.15) is 0 Å². The van der Waals surface area contributed by atoms with E-state index < -0.39 is 35.7 Å². The number of aromatic nitrogens is 2. The molecule has 2 rings (SSSR count). The summed E-state index contributed by atoms with van der Waals surface area (Å²) >= 11 is 0. The van der Waals surface area contributed by atoms with Gasteiger partial charge in [-0.15, -0.1) is 0 Å². The Labute approximate surface area is 136 Å². The van der Waals surface area contributed by atoms with Crippen LogP contribution in [0.2, 0.25) is 0 Å².